The number of hydrogen-bond donors (Lipinski definition) is 1. The molecule has 0 bridgehead atoms. The van der Waals surface area contributed by atoms with Gasteiger partial charge < -0.3 is 9.47 Å². The van der Waals surface area contributed by atoms with Gasteiger partial charge in [0, 0.05) is 11.3 Å². The van der Waals surface area contributed by atoms with Crippen LogP contribution in [-0.4, -0.2) is 29.8 Å². The molecular weight excluding hydrogens is 427 g/mol. The van der Waals surface area contributed by atoms with Crippen molar-refractivity contribution < 1.29 is 27.4 Å². The first kappa shape index (κ1) is 20.9. The van der Waals surface area contributed by atoms with Gasteiger partial charge in [-0.1, -0.05) is 41.3 Å². The maximum absolute atomic E-state index is 13.7. The molecule has 0 aliphatic carbocycles. The van der Waals surface area contributed by atoms with Gasteiger partial charge in [0.15, 0.2) is 15.8 Å². The van der Waals surface area contributed by atoms with Crippen molar-refractivity contribution in [3.05, 3.63) is 59.4 Å². The summed E-state index contributed by atoms with van der Waals surface area (Å²) in [5, 5.41) is 10.7. The predicted molar refractivity (Wildman–Crippen MR) is 103 cm³/mol. The van der Waals surface area contributed by atoms with Crippen molar-refractivity contribution in [1.29, 1.82) is 0 Å². The molecule has 11 heteroatoms. The van der Waals surface area contributed by atoms with E-state index in [1.54, 1.807) is 18.2 Å². The highest BCUT2D eigenvalue weighted by Gasteiger charge is 2.16. The number of anilines is 1. The summed E-state index contributed by atoms with van der Waals surface area (Å²) in [6.45, 7) is -3.01. The normalized spacial score (nSPS) is 10.8. The molecule has 29 heavy (non-hydrogen) atoms. The number of benzene rings is 2. The largest absolute Gasteiger partial charge is 0.493 e. The molecule has 0 saturated heterocycles. The Morgan fingerprint density at radius 1 is 1.21 bits per heavy atom. The quantitative estimate of drug-likeness (QED) is 0.399. The van der Waals surface area contributed by atoms with Crippen LogP contribution >= 0.6 is 23.1 Å². The molecule has 1 amide bonds. The zero-order valence-corrected chi connectivity index (χ0v) is 16.5. The second-order valence-corrected chi connectivity index (χ2v) is 7.65. The lowest BCUT2D eigenvalue weighted by Gasteiger charge is -2.11. The summed E-state index contributed by atoms with van der Waals surface area (Å²) in [5.41, 5.74) is 0.704. The zero-order valence-electron chi connectivity index (χ0n) is 14.9. The van der Waals surface area contributed by atoms with E-state index in [0.29, 0.717) is 15.7 Å². The summed E-state index contributed by atoms with van der Waals surface area (Å²) in [5.74, 6) is -0.629. The number of methoxy groups -OCH3 is 1. The summed E-state index contributed by atoms with van der Waals surface area (Å²) < 4.78 is 48.3. The summed E-state index contributed by atoms with van der Waals surface area (Å²) >= 11 is 2.42. The fraction of sp³-hybridized carbons (Fsp3) is 0.167. The number of carbonyl (C=O) groups excluding carboxylic acids is 1. The van der Waals surface area contributed by atoms with Crippen molar-refractivity contribution in [3.63, 3.8) is 0 Å². The average molecular weight is 441 g/mol. The van der Waals surface area contributed by atoms with Crippen molar-refractivity contribution in [2.75, 3.05) is 12.4 Å². The van der Waals surface area contributed by atoms with Gasteiger partial charge in [-0.3, -0.25) is 10.1 Å². The van der Waals surface area contributed by atoms with Gasteiger partial charge in [0.05, 0.1) is 7.11 Å². The summed E-state index contributed by atoms with van der Waals surface area (Å²) in [6, 6.07) is 10.2. The predicted octanol–water partition coefficient (Wildman–Crippen LogP) is 4.83. The zero-order chi connectivity index (χ0) is 20.8. The van der Waals surface area contributed by atoms with Gasteiger partial charge in [-0.2, -0.15) is 8.78 Å². The topological polar surface area (TPSA) is 73.3 Å². The Hall–Kier alpha value is -2.79. The molecule has 1 heterocycles. The molecule has 0 fully saturated rings. The van der Waals surface area contributed by atoms with Gasteiger partial charge in [-0.25, -0.2) is 4.39 Å². The van der Waals surface area contributed by atoms with E-state index in [9.17, 15) is 18.0 Å². The van der Waals surface area contributed by atoms with Crippen LogP contribution in [0.2, 0.25) is 0 Å². The first-order valence-electron chi connectivity index (χ1n) is 8.10. The van der Waals surface area contributed by atoms with Gasteiger partial charge in [-0.15, -0.1) is 10.2 Å². The molecule has 2 aromatic carbocycles. The molecule has 6 nitrogen and oxygen atoms in total. The first-order valence-corrected chi connectivity index (χ1v) is 9.90. The van der Waals surface area contributed by atoms with Gasteiger partial charge in [0.25, 0.3) is 5.91 Å². The summed E-state index contributed by atoms with van der Waals surface area (Å²) in [6.07, 6.45) is 0. The van der Waals surface area contributed by atoms with Crippen LogP contribution in [0.3, 0.4) is 0 Å². The standard InChI is InChI=1S/C18H14F3N3O3S2/c1-26-14-8-10(6-7-13(14)27-16(20)21)15(25)22-17-23-24-18(29-17)28-9-11-4-2-3-5-12(11)19/h2-8,16H,9H2,1H3,(H,22,23,25). The number of nitrogens with one attached hydrogen (secondary N) is 1. The molecule has 152 valence electrons. The lowest BCUT2D eigenvalue weighted by molar-refractivity contribution is -0.0512. The highest BCUT2D eigenvalue weighted by Crippen LogP contribution is 2.31. The minimum Gasteiger partial charge on any atom is -0.493 e. The first-order chi connectivity index (χ1) is 14.0. The SMILES string of the molecule is COc1cc(C(=O)Nc2nnc(SCc3ccccc3F)s2)ccc1OC(F)F. The number of carbonyl (C=O) groups is 1. The van der Waals surface area contributed by atoms with E-state index in [1.165, 1.54) is 43.1 Å². The number of thioether (sulfide) groups is 1. The Balaban J connectivity index is 1.63. The molecule has 0 aliphatic heterocycles. The van der Waals surface area contributed by atoms with E-state index in [4.69, 9.17) is 4.74 Å². The van der Waals surface area contributed by atoms with Crippen molar-refractivity contribution in [2.45, 2.75) is 16.7 Å². The molecule has 0 aliphatic rings. The molecule has 1 aromatic heterocycles. The Kier molecular flexibility index (Phi) is 6.94. The Labute approximate surface area is 172 Å². The fourth-order valence-electron chi connectivity index (χ4n) is 2.25. The Morgan fingerprint density at radius 2 is 2.00 bits per heavy atom. The molecule has 1 N–H and O–H groups in total. The molecule has 0 atom stereocenters. The second kappa shape index (κ2) is 9.61. The van der Waals surface area contributed by atoms with E-state index in [-0.39, 0.29) is 28.0 Å². The Morgan fingerprint density at radius 3 is 2.72 bits per heavy atom. The summed E-state index contributed by atoms with van der Waals surface area (Å²) in [4.78, 5) is 12.4. The number of aromatic nitrogens is 2. The van der Waals surface area contributed by atoms with Crippen LogP contribution in [0.5, 0.6) is 11.5 Å². The van der Waals surface area contributed by atoms with E-state index < -0.39 is 12.5 Å². The van der Waals surface area contributed by atoms with Crippen LogP contribution in [0, 0.1) is 5.82 Å². The highest BCUT2D eigenvalue weighted by molar-refractivity contribution is 8.00. The third-order valence-corrected chi connectivity index (χ3v) is 5.60. The monoisotopic (exact) mass is 441 g/mol. The second-order valence-electron chi connectivity index (χ2n) is 5.45. The maximum Gasteiger partial charge on any atom is 0.387 e. The number of amides is 1. The third kappa shape index (κ3) is 5.61. The minimum absolute atomic E-state index is 0.00338. The highest BCUT2D eigenvalue weighted by atomic mass is 32.2. The molecule has 0 unspecified atom stereocenters. The van der Waals surface area contributed by atoms with Crippen LogP contribution in [0.25, 0.3) is 0 Å². The van der Waals surface area contributed by atoms with E-state index >= 15 is 0 Å². The van der Waals surface area contributed by atoms with Crippen LogP contribution in [0.1, 0.15) is 15.9 Å². The van der Waals surface area contributed by atoms with Gasteiger partial charge >= 0.3 is 6.61 Å². The van der Waals surface area contributed by atoms with Crippen molar-refractivity contribution in [3.8, 4) is 11.5 Å². The van der Waals surface area contributed by atoms with E-state index in [1.807, 2.05) is 0 Å². The van der Waals surface area contributed by atoms with E-state index in [0.717, 1.165) is 11.3 Å². The van der Waals surface area contributed by atoms with Gasteiger partial charge in [0.1, 0.15) is 5.82 Å². The number of ether oxygens (including phenoxy) is 2. The van der Waals surface area contributed by atoms with Crippen LogP contribution in [-0.2, 0) is 5.75 Å². The van der Waals surface area contributed by atoms with Crippen LogP contribution < -0.4 is 14.8 Å². The maximum atomic E-state index is 13.7. The molecule has 0 radical (unpaired) electrons. The molecule has 3 aromatic rings. The number of halogens is 3. The van der Waals surface area contributed by atoms with Gasteiger partial charge in [0.2, 0.25) is 5.13 Å². The molecule has 0 saturated carbocycles. The van der Waals surface area contributed by atoms with Crippen LogP contribution in [0.4, 0.5) is 18.3 Å². The molecule has 0 spiro atoms. The number of rotatable bonds is 8. The fourth-order valence-corrected chi connectivity index (χ4v) is 3.98. The average Bonchev–Trinajstić information content (AvgIpc) is 3.14. The lowest BCUT2D eigenvalue weighted by Crippen LogP contribution is -2.12. The van der Waals surface area contributed by atoms with Crippen molar-refractivity contribution in [1.82, 2.24) is 10.2 Å². The number of alkyl halides is 2. The number of nitrogens with zero attached hydrogens (tertiary/aromatic N) is 2. The summed E-state index contributed by atoms with van der Waals surface area (Å²) in [7, 11) is 1.28. The van der Waals surface area contributed by atoms with Crippen molar-refractivity contribution in [2.24, 2.45) is 0 Å². The minimum atomic E-state index is -3.01. The van der Waals surface area contributed by atoms with E-state index in [2.05, 4.69) is 20.3 Å². The Bertz CT molecular complexity index is 1000. The molecule has 3 rings (SSSR count). The smallest absolute Gasteiger partial charge is 0.387 e. The molecular formula is C18H14F3N3O3S2. The lowest BCUT2D eigenvalue weighted by atomic mass is 10.2. The van der Waals surface area contributed by atoms with Crippen molar-refractivity contribution >= 4 is 34.1 Å². The number of hydrogen-bond acceptors (Lipinski definition) is 7. The van der Waals surface area contributed by atoms with Gasteiger partial charge in [-0.05, 0) is 29.8 Å². The third-order valence-electron chi connectivity index (χ3n) is 3.58. The van der Waals surface area contributed by atoms with Crippen LogP contribution in [0.15, 0.2) is 46.8 Å².